The monoisotopic (exact) mass is 313 g/mol. The molecular weight excluding hydrogens is 286 g/mol. The molecule has 1 N–H and O–H groups in total. The molecule has 0 unspecified atom stereocenters. The molecule has 0 heterocycles. The summed E-state index contributed by atoms with van der Waals surface area (Å²) in [6.07, 6.45) is 7.76. The van der Waals surface area contributed by atoms with Gasteiger partial charge in [-0.3, -0.25) is 4.79 Å². The fraction of sp³-hybridized carbons (Fsp3) is 0.650. The Labute approximate surface area is 138 Å². The van der Waals surface area contributed by atoms with Crippen LogP contribution in [0.4, 0.5) is 0 Å². The first kappa shape index (κ1) is 15.0. The predicted molar refractivity (Wildman–Crippen MR) is 90.5 cm³/mol. The second-order valence-corrected chi connectivity index (χ2v) is 8.26. The Hall–Kier alpha value is -1.51. The van der Waals surface area contributed by atoms with E-state index in [9.17, 15) is 4.79 Å². The number of carbonyl (C=O) groups is 1. The molecule has 4 aliphatic rings. The van der Waals surface area contributed by atoms with Crippen molar-refractivity contribution in [2.24, 2.45) is 17.8 Å². The predicted octanol–water partition coefficient (Wildman–Crippen LogP) is 3.77. The minimum atomic E-state index is 0.0506. The second kappa shape index (κ2) is 5.54. The molecule has 124 valence electrons. The number of amides is 1. The van der Waals surface area contributed by atoms with Crippen LogP contribution in [0.5, 0.6) is 5.75 Å². The Balaban J connectivity index is 1.39. The number of para-hydroxylation sites is 1. The van der Waals surface area contributed by atoms with E-state index in [4.69, 9.17) is 4.74 Å². The Morgan fingerprint density at radius 3 is 2.13 bits per heavy atom. The van der Waals surface area contributed by atoms with E-state index in [1.807, 2.05) is 32.0 Å². The normalized spacial score (nSPS) is 34.4. The van der Waals surface area contributed by atoms with Crippen LogP contribution in [0.1, 0.15) is 49.7 Å². The molecule has 0 aliphatic heterocycles. The van der Waals surface area contributed by atoms with Crippen molar-refractivity contribution >= 4 is 5.91 Å². The molecule has 0 spiro atoms. The largest absolute Gasteiger partial charge is 0.483 e. The van der Waals surface area contributed by atoms with E-state index in [-0.39, 0.29) is 18.1 Å². The third kappa shape index (κ3) is 2.86. The molecule has 4 bridgehead atoms. The number of aryl methyl sites for hydroxylation is 2. The fourth-order valence-electron chi connectivity index (χ4n) is 5.76. The zero-order chi connectivity index (χ0) is 16.0. The lowest BCUT2D eigenvalue weighted by Gasteiger charge is -2.56. The maximum Gasteiger partial charge on any atom is 0.258 e. The zero-order valence-corrected chi connectivity index (χ0v) is 14.2. The Kier molecular flexibility index (Phi) is 3.62. The van der Waals surface area contributed by atoms with Gasteiger partial charge in [-0.25, -0.2) is 0 Å². The van der Waals surface area contributed by atoms with Crippen LogP contribution >= 0.6 is 0 Å². The van der Waals surface area contributed by atoms with Crippen LogP contribution in [0, 0.1) is 31.6 Å². The van der Waals surface area contributed by atoms with Crippen LogP contribution in [0.25, 0.3) is 0 Å². The van der Waals surface area contributed by atoms with Gasteiger partial charge in [0.1, 0.15) is 5.75 Å². The summed E-state index contributed by atoms with van der Waals surface area (Å²) in [6, 6.07) is 6.08. The third-order valence-electron chi connectivity index (χ3n) is 6.20. The molecule has 3 nitrogen and oxygen atoms in total. The molecule has 0 aromatic heterocycles. The molecular formula is C20H27NO2. The summed E-state index contributed by atoms with van der Waals surface area (Å²) in [5.74, 6) is 3.45. The quantitative estimate of drug-likeness (QED) is 0.919. The lowest BCUT2D eigenvalue weighted by molar-refractivity contribution is -0.128. The molecule has 5 rings (SSSR count). The molecule has 0 radical (unpaired) electrons. The van der Waals surface area contributed by atoms with Crippen molar-refractivity contribution in [3.8, 4) is 5.75 Å². The second-order valence-electron chi connectivity index (χ2n) is 8.26. The molecule has 0 atom stereocenters. The average Bonchev–Trinajstić information content (AvgIpc) is 2.44. The first-order chi connectivity index (χ1) is 11.0. The van der Waals surface area contributed by atoms with Gasteiger partial charge in [0.25, 0.3) is 5.91 Å². The number of hydrogen-bond acceptors (Lipinski definition) is 2. The summed E-state index contributed by atoms with van der Waals surface area (Å²) in [5, 5.41) is 3.37. The van der Waals surface area contributed by atoms with Crippen molar-refractivity contribution in [1.29, 1.82) is 0 Å². The molecule has 4 saturated carbocycles. The maximum absolute atomic E-state index is 12.5. The van der Waals surface area contributed by atoms with E-state index in [2.05, 4.69) is 5.32 Å². The molecule has 4 aliphatic carbocycles. The molecule has 1 amide bonds. The van der Waals surface area contributed by atoms with Crippen molar-refractivity contribution < 1.29 is 9.53 Å². The van der Waals surface area contributed by atoms with Crippen molar-refractivity contribution in [3.63, 3.8) is 0 Å². The summed E-state index contributed by atoms with van der Waals surface area (Å²) in [6.45, 7) is 4.19. The van der Waals surface area contributed by atoms with Crippen molar-refractivity contribution in [2.75, 3.05) is 6.61 Å². The number of ether oxygens (including phenoxy) is 1. The number of nitrogens with one attached hydrogen (secondary N) is 1. The van der Waals surface area contributed by atoms with E-state index < -0.39 is 0 Å². The van der Waals surface area contributed by atoms with Crippen LogP contribution in [-0.4, -0.2) is 18.1 Å². The summed E-state index contributed by atoms with van der Waals surface area (Å²) in [7, 11) is 0. The Bertz CT molecular complexity index is 567. The molecule has 1 aromatic carbocycles. The minimum absolute atomic E-state index is 0.0506. The van der Waals surface area contributed by atoms with Gasteiger partial charge in [-0.15, -0.1) is 0 Å². The lowest BCUT2D eigenvalue weighted by Crippen LogP contribution is -2.60. The van der Waals surface area contributed by atoms with Gasteiger partial charge < -0.3 is 10.1 Å². The molecule has 23 heavy (non-hydrogen) atoms. The minimum Gasteiger partial charge on any atom is -0.483 e. The van der Waals surface area contributed by atoms with Crippen molar-refractivity contribution in [2.45, 2.75) is 57.9 Å². The van der Waals surface area contributed by atoms with Crippen molar-refractivity contribution in [3.05, 3.63) is 29.3 Å². The van der Waals surface area contributed by atoms with Crippen LogP contribution < -0.4 is 10.1 Å². The molecule has 1 aromatic rings. The lowest BCUT2D eigenvalue weighted by atomic mass is 9.53. The standard InChI is InChI=1S/C20H27NO2/c1-13-4-3-5-14(2)19(13)23-12-18(22)21-20-9-15-6-16(10-20)8-17(7-15)11-20/h3-5,15-17H,6-12H2,1-2H3,(H,21,22). The summed E-state index contributed by atoms with van der Waals surface area (Å²) in [5.41, 5.74) is 2.26. The molecule has 0 saturated heterocycles. The average molecular weight is 313 g/mol. The van der Waals surface area contributed by atoms with Crippen LogP contribution in [0.3, 0.4) is 0 Å². The number of rotatable bonds is 4. The van der Waals surface area contributed by atoms with E-state index >= 15 is 0 Å². The maximum atomic E-state index is 12.5. The SMILES string of the molecule is Cc1cccc(C)c1OCC(=O)NC12CC3CC(CC(C3)C1)C2. The van der Waals surface area contributed by atoms with Gasteiger partial charge in [-0.05, 0) is 81.3 Å². The van der Waals surface area contributed by atoms with Crippen LogP contribution in [0.15, 0.2) is 18.2 Å². The Morgan fingerprint density at radius 1 is 1.09 bits per heavy atom. The van der Waals surface area contributed by atoms with E-state index in [1.54, 1.807) is 0 Å². The number of benzene rings is 1. The zero-order valence-electron chi connectivity index (χ0n) is 14.2. The highest BCUT2D eigenvalue weighted by molar-refractivity contribution is 5.78. The highest BCUT2D eigenvalue weighted by atomic mass is 16.5. The fourth-order valence-corrected chi connectivity index (χ4v) is 5.76. The van der Waals surface area contributed by atoms with Gasteiger partial charge in [-0.1, -0.05) is 18.2 Å². The molecule has 4 fully saturated rings. The van der Waals surface area contributed by atoms with Crippen LogP contribution in [0.2, 0.25) is 0 Å². The first-order valence-electron chi connectivity index (χ1n) is 9.03. The van der Waals surface area contributed by atoms with Gasteiger partial charge in [0, 0.05) is 5.54 Å². The summed E-state index contributed by atoms with van der Waals surface area (Å²) in [4.78, 5) is 12.5. The smallest absolute Gasteiger partial charge is 0.258 e. The van der Waals surface area contributed by atoms with Gasteiger partial charge in [0.05, 0.1) is 0 Å². The van der Waals surface area contributed by atoms with E-state index in [1.165, 1.54) is 38.5 Å². The first-order valence-corrected chi connectivity index (χ1v) is 9.03. The third-order valence-corrected chi connectivity index (χ3v) is 6.20. The molecule has 3 heteroatoms. The Morgan fingerprint density at radius 2 is 1.61 bits per heavy atom. The van der Waals surface area contributed by atoms with Gasteiger partial charge in [0.15, 0.2) is 6.61 Å². The highest BCUT2D eigenvalue weighted by Crippen LogP contribution is 2.55. The van der Waals surface area contributed by atoms with E-state index in [0.717, 1.165) is 34.6 Å². The summed E-state index contributed by atoms with van der Waals surface area (Å²) >= 11 is 0. The number of hydrogen-bond donors (Lipinski definition) is 1. The topological polar surface area (TPSA) is 38.3 Å². The highest BCUT2D eigenvalue weighted by Gasteiger charge is 2.51. The van der Waals surface area contributed by atoms with Crippen LogP contribution in [-0.2, 0) is 4.79 Å². The van der Waals surface area contributed by atoms with Gasteiger partial charge >= 0.3 is 0 Å². The van der Waals surface area contributed by atoms with Crippen molar-refractivity contribution in [1.82, 2.24) is 5.32 Å². The summed E-state index contributed by atoms with van der Waals surface area (Å²) < 4.78 is 5.83. The number of carbonyl (C=O) groups excluding carboxylic acids is 1. The van der Waals surface area contributed by atoms with E-state index in [0.29, 0.717) is 0 Å². The van der Waals surface area contributed by atoms with Gasteiger partial charge in [0.2, 0.25) is 0 Å². The van der Waals surface area contributed by atoms with Gasteiger partial charge in [-0.2, -0.15) is 0 Å².